The van der Waals surface area contributed by atoms with Crippen molar-refractivity contribution in [2.24, 2.45) is 0 Å². The first-order valence-corrected chi connectivity index (χ1v) is 7.45. The van der Waals surface area contributed by atoms with E-state index in [9.17, 15) is 4.79 Å². The molecule has 122 valence electrons. The maximum absolute atomic E-state index is 12.5. The molecule has 2 aromatic carbocycles. The van der Waals surface area contributed by atoms with E-state index in [2.05, 4.69) is 10.6 Å². The molecule has 3 rings (SSSR count). The number of methoxy groups -OCH3 is 1. The van der Waals surface area contributed by atoms with Gasteiger partial charge in [-0.05, 0) is 36.2 Å². The molecule has 1 aliphatic heterocycles. The number of benzene rings is 2. The third-order valence-electron chi connectivity index (χ3n) is 4.05. The third kappa shape index (κ3) is 3.66. The van der Waals surface area contributed by atoms with Crippen LogP contribution >= 0.6 is 12.4 Å². The van der Waals surface area contributed by atoms with Crippen LogP contribution in [-0.4, -0.2) is 13.0 Å². The summed E-state index contributed by atoms with van der Waals surface area (Å²) in [5.74, 6) is 0.724. The Bertz CT molecular complexity index is 703. The smallest absolute Gasteiger partial charge is 0.251 e. The topological polar surface area (TPSA) is 50.4 Å². The van der Waals surface area contributed by atoms with E-state index in [0.29, 0.717) is 5.56 Å². The van der Waals surface area contributed by atoms with Crippen LogP contribution in [0.15, 0.2) is 42.5 Å². The van der Waals surface area contributed by atoms with Crippen LogP contribution in [0.2, 0.25) is 0 Å². The molecule has 4 nitrogen and oxygen atoms in total. The molecule has 1 atom stereocenters. The first kappa shape index (κ1) is 17.3. The van der Waals surface area contributed by atoms with Gasteiger partial charge in [-0.1, -0.05) is 24.3 Å². The summed E-state index contributed by atoms with van der Waals surface area (Å²) in [5.41, 5.74) is 4.15. The molecule has 1 amide bonds. The van der Waals surface area contributed by atoms with Gasteiger partial charge in [0.2, 0.25) is 0 Å². The predicted molar refractivity (Wildman–Crippen MR) is 93.1 cm³/mol. The zero-order chi connectivity index (χ0) is 15.5. The number of hydrogen-bond donors (Lipinski definition) is 2. The van der Waals surface area contributed by atoms with Crippen LogP contribution < -0.4 is 15.4 Å². The number of ether oxygens (including phenoxy) is 1. The second-order valence-electron chi connectivity index (χ2n) is 5.52. The summed E-state index contributed by atoms with van der Waals surface area (Å²) < 4.78 is 5.35. The van der Waals surface area contributed by atoms with Crippen LogP contribution in [0.5, 0.6) is 5.75 Å². The minimum Gasteiger partial charge on any atom is -0.496 e. The summed E-state index contributed by atoms with van der Waals surface area (Å²) >= 11 is 0. The van der Waals surface area contributed by atoms with Crippen molar-refractivity contribution in [2.75, 3.05) is 7.11 Å². The van der Waals surface area contributed by atoms with Gasteiger partial charge in [0.15, 0.2) is 0 Å². The van der Waals surface area contributed by atoms with Gasteiger partial charge in [-0.3, -0.25) is 4.79 Å². The van der Waals surface area contributed by atoms with Crippen LogP contribution in [0.1, 0.15) is 40.0 Å². The standard InChI is InChI=1S/C18H20N2O2.ClH/c1-12(16-5-3-4-6-17(16)22-2)20-18(21)13-7-8-14-10-19-11-15(14)9-13;/h3-9,12,19H,10-11H2,1-2H3,(H,20,21);1H. The molecule has 2 N–H and O–H groups in total. The molecule has 0 spiro atoms. The summed E-state index contributed by atoms with van der Waals surface area (Å²) in [7, 11) is 1.64. The number of fused-ring (bicyclic) bond motifs is 1. The van der Waals surface area contributed by atoms with Crippen molar-refractivity contribution in [2.45, 2.75) is 26.1 Å². The van der Waals surface area contributed by atoms with Crippen molar-refractivity contribution in [3.05, 3.63) is 64.7 Å². The molecular formula is C18H21ClN2O2. The maximum atomic E-state index is 12.5. The predicted octanol–water partition coefficient (Wildman–Crippen LogP) is 3.21. The Labute approximate surface area is 142 Å². The fourth-order valence-corrected chi connectivity index (χ4v) is 2.82. The van der Waals surface area contributed by atoms with Crippen molar-refractivity contribution in [1.82, 2.24) is 10.6 Å². The molecule has 1 aliphatic rings. The van der Waals surface area contributed by atoms with Gasteiger partial charge in [0, 0.05) is 24.2 Å². The largest absolute Gasteiger partial charge is 0.496 e. The van der Waals surface area contributed by atoms with Crippen molar-refractivity contribution >= 4 is 18.3 Å². The highest BCUT2D eigenvalue weighted by Gasteiger charge is 2.17. The minimum atomic E-state index is -0.116. The highest BCUT2D eigenvalue weighted by Crippen LogP contribution is 2.25. The molecule has 0 aliphatic carbocycles. The lowest BCUT2D eigenvalue weighted by Crippen LogP contribution is -2.27. The Hall–Kier alpha value is -2.04. The second-order valence-corrected chi connectivity index (χ2v) is 5.52. The van der Waals surface area contributed by atoms with Crippen LogP contribution in [0, 0.1) is 0 Å². The van der Waals surface area contributed by atoms with Gasteiger partial charge in [-0.15, -0.1) is 12.4 Å². The Balaban J connectivity index is 0.00000192. The summed E-state index contributed by atoms with van der Waals surface area (Å²) in [6, 6.07) is 13.5. The maximum Gasteiger partial charge on any atom is 0.251 e. The summed E-state index contributed by atoms with van der Waals surface area (Å²) in [6.45, 7) is 3.68. The van der Waals surface area contributed by atoms with Crippen molar-refractivity contribution < 1.29 is 9.53 Å². The van der Waals surface area contributed by atoms with E-state index < -0.39 is 0 Å². The van der Waals surface area contributed by atoms with E-state index in [1.165, 1.54) is 11.1 Å². The molecule has 0 aromatic heterocycles. The number of carbonyl (C=O) groups excluding carboxylic acids is 1. The monoisotopic (exact) mass is 332 g/mol. The number of nitrogens with one attached hydrogen (secondary N) is 2. The minimum absolute atomic E-state index is 0. The lowest BCUT2D eigenvalue weighted by molar-refractivity contribution is 0.0939. The van der Waals surface area contributed by atoms with Crippen LogP contribution in [0.25, 0.3) is 0 Å². The van der Waals surface area contributed by atoms with Gasteiger partial charge >= 0.3 is 0 Å². The van der Waals surface area contributed by atoms with E-state index in [0.717, 1.165) is 24.4 Å². The van der Waals surface area contributed by atoms with Crippen molar-refractivity contribution in [3.8, 4) is 5.75 Å². The number of amides is 1. The van der Waals surface area contributed by atoms with Gasteiger partial charge in [-0.2, -0.15) is 0 Å². The molecular weight excluding hydrogens is 312 g/mol. The van der Waals surface area contributed by atoms with E-state index in [-0.39, 0.29) is 24.4 Å². The van der Waals surface area contributed by atoms with Crippen molar-refractivity contribution in [1.29, 1.82) is 0 Å². The fourth-order valence-electron chi connectivity index (χ4n) is 2.82. The molecule has 0 saturated heterocycles. The summed E-state index contributed by atoms with van der Waals surface area (Å²) in [6.07, 6.45) is 0. The van der Waals surface area contributed by atoms with Gasteiger partial charge < -0.3 is 15.4 Å². The molecule has 5 heteroatoms. The highest BCUT2D eigenvalue weighted by atomic mass is 35.5. The third-order valence-corrected chi connectivity index (χ3v) is 4.05. The number of rotatable bonds is 4. The van der Waals surface area contributed by atoms with E-state index in [1.807, 2.05) is 49.4 Å². The van der Waals surface area contributed by atoms with Gasteiger partial charge in [-0.25, -0.2) is 0 Å². The molecule has 0 radical (unpaired) electrons. The quantitative estimate of drug-likeness (QED) is 0.904. The fraction of sp³-hybridized carbons (Fsp3) is 0.278. The van der Waals surface area contributed by atoms with Crippen LogP contribution in [0.4, 0.5) is 0 Å². The molecule has 1 heterocycles. The van der Waals surface area contributed by atoms with Crippen molar-refractivity contribution in [3.63, 3.8) is 0 Å². The lowest BCUT2D eigenvalue weighted by Gasteiger charge is -2.17. The van der Waals surface area contributed by atoms with Gasteiger partial charge in [0.1, 0.15) is 5.75 Å². The average molecular weight is 333 g/mol. The average Bonchev–Trinajstić information content (AvgIpc) is 3.02. The van der Waals surface area contributed by atoms with Crippen LogP contribution in [0.3, 0.4) is 0 Å². The Morgan fingerprint density at radius 2 is 1.91 bits per heavy atom. The molecule has 23 heavy (non-hydrogen) atoms. The molecule has 1 unspecified atom stereocenters. The SMILES string of the molecule is COc1ccccc1C(C)NC(=O)c1ccc2c(c1)CNC2.Cl. The lowest BCUT2D eigenvalue weighted by atomic mass is 10.0. The van der Waals surface area contributed by atoms with Crippen LogP contribution in [-0.2, 0) is 13.1 Å². The summed E-state index contributed by atoms with van der Waals surface area (Å²) in [4.78, 5) is 12.5. The normalized spacial score (nSPS) is 13.7. The first-order chi connectivity index (χ1) is 10.7. The Kier molecular flexibility index (Phi) is 5.64. The van der Waals surface area contributed by atoms with Gasteiger partial charge in [0.25, 0.3) is 5.91 Å². The Morgan fingerprint density at radius 1 is 1.17 bits per heavy atom. The number of halogens is 1. The molecule has 0 fully saturated rings. The first-order valence-electron chi connectivity index (χ1n) is 7.45. The van der Waals surface area contributed by atoms with Gasteiger partial charge in [0.05, 0.1) is 13.2 Å². The number of carbonyl (C=O) groups is 1. The molecule has 0 saturated carbocycles. The molecule has 2 aromatic rings. The number of para-hydroxylation sites is 1. The van der Waals surface area contributed by atoms with E-state index in [4.69, 9.17) is 4.74 Å². The number of hydrogen-bond acceptors (Lipinski definition) is 3. The van der Waals surface area contributed by atoms with E-state index >= 15 is 0 Å². The molecule has 0 bridgehead atoms. The van der Waals surface area contributed by atoms with E-state index in [1.54, 1.807) is 7.11 Å². The Morgan fingerprint density at radius 3 is 2.70 bits per heavy atom. The highest BCUT2D eigenvalue weighted by molar-refractivity contribution is 5.94. The second kappa shape index (κ2) is 7.49. The summed E-state index contributed by atoms with van der Waals surface area (Å²) in [5, 5.41) is 6.33. The zero-order valence-corrected chi connectivity index (χ0v) is 14.1. The zero-order valence-electron chi connectivity index (χ0n) is 13.3.